The number of carbonyl (C=O) groups is 2. The largest absolute Gasteiger partial charge is 0.475 e. The van der Waals surface area contributed by atoms with Crippen molar-refractivity contribution >= 4 is 22.7 Å². The molecule has 4 heteroatoms. The molecule has 0 saturated heterocycles. The van der Waals surface area contributed by atoms with Gasteiger partial charge in [-0.2, -0.15) is 0 Å². The van der Waals surface area contributed by atoms with Gasteiger partial charge in [-0.1, -0.05) is 13.0 Å². The maximum atomic E-state index is 12.5. The number of Topliss-reactive ketones (excluding diaryl/α,β-unsaturated/α-hetero) is 1. The van der Waals surface area contributed by atoms with Crippen LogP contribution in [0.5, 0.6) is 0 Å². The van der Waals surface area contributed by atoms with E-state index in [1.165, 1.54) is 6.07 Å². The van der Waals surface area contributed by atoms with Crippen LogP contribution in [-0.4, -0.2) is 16.9 Å². The minimum atomic E-state index is -1.09. The summed E-state index contributed by atoms with van der Waals surface area (Å²) in [4.78, 5) is 23.7. The summed E-state index contributed by atoms with van der Waals surface area (Å²) in [5.74, 6) is -1.11. The first kappa shape index (κ1) is 13.6. The zero-order valence-corrected chi connectivity index (χ0v) is 12.2. The van der Waals surface area contributed by atoms with Gasteiger partial charge in [0.2, 0.25) is 5.76 Å². The molecule has 0 amide bonds. The average Bonchev–Trinajstić information content (AvgIpc) is 3.00. The maximum Gasteiger partial charge on any atom is 0.371 e. The van der Waals surface area contributed by atoms with E-state index in [1.807, 2.05) is 26.8 Å². The predicted molar refractivity (Wildman–Crippen MR) is 79.1 cm³/mol. The lowest BCUT2D eigenvalue weighted by Crippen LogP contribution is -2.00. The van der Waals surface area contributed by atoms with Gasteiger partial charge in [0.05, 0.1) is 0 Å². The Bertz CT molecular complexity index is 821. The van der Waals surface area contributed by atoms with Crippen LogP contribution < -0.4 is 0 Å². The van der Waals surface area contributed by atoms with Gasteiger partial charge in [-0.3, -0.25) is 4.79 Å². The molecule has 0 fully saturated rings. The Kier molecular flexibility index (Phi) is 2.97. The number of rotatable bonds is 2. The molecule has 0 atom stereocenters. The van der Waals surface area contributed by atoms with Crippen molar-refractivity contribution in [2.24, 2.45) is 0 Å². The van der Waals surface area contributed by atoms with Gasteiger partial charge in [0.25, 0.3) is 0 Å². The molecule has 0 radical (unpaired) electrons. The summed E-state index contributed by atoms with van der Waals surface area (Å²) in [7, 11) is 0. The fraction of sp³-hybridized carbons (Fsp3) is 0.294. The molecular weight excluding hydrogens is 268 g/mol. The standard InChI is InChI=1S/C17H16O4/c1-4-5-10-6-11-12-7-13(17(19)20)21-16(12)9(3)8(2)14(11)15(10)18/h5,7H,4,6H2,1-3H3,(H,19,20). The first-order valence-electron chi connectivity index (χ1n) is 6.98. The van der Waals surface area contributed by atoms with E-state index in [4.69, 9.17) is 9.52 Å². The van der Waals surface area contributed by atoms with Crippen LogP contribution in [0.1, 0.15) is 50.9 Å². The number of furan rings is 1. The third-order valence-corrected chi connectivity index (χ3v) is 4.18. The van der Waals surface area contributed by atoms with E-state index in [2.05, 4.69) is 0 Å². The highest BCUT2D eigenvalue weighted by atomic mass is 16.4. The Hall–Kier alpha value is -2.36. The number of hydrogen-bond acceptors (Lipinski definition) is 3. The van der Waals surface area contributed by atoms with Gasteiger partial charge in [0.15, 0.2) is 5.78 Å². The Labute approximate surface area is 122 Å². The molecular formula is C17H16O4. The second kappa shape index (κ2) is 4.58. The Morgan fingerprint density at radius 2 is 2.10 bits per heavy atom. The number of fused-ring (bicyclic) bond motifs is 3. The first-order chi connectivity index (χ1) is 9.95. The molecule has 1 heterocycles. The molecule has 0 unspecified atom stereocenters. The number of carboxylic acid groups (broad SMARTS) is 1. The van der Waals surface area contributed by atoms with Gasteiger partial charge in [-0.05, 0) is 43.0 Å². The number of carboxylic acids is 1. The highest BCUT2D eigenvalue weighted by Crippen LogP contribution is 2.39. The first-order valence-corrected chi connectivity index (χ1v) is 6.98. The lowest BCUT2D eigenvalue weighted by Gasteiger charge is -2.07. The number of hydrogen-bond donors (Lipinski definition) is 1. The second-order valence-electron chi connectivity index (χ2n) is 5.41. The van der Waals surface area contributed by atoms with E-state index in [0.29, 0.717) is 12.0 Å². The molecule has 1 aromatic carbocycles. The number of benzene rings is 1. The average molecular weight is 284 g/mol. The van der Waals surface area contributed by atoms with Crippen molar-refractivity contribution in [3.05, 3.63) is 45.7 Å². The van der Waals surface area contributed by atoms with Crippen LogP contribution in [0.15, 0.2) is 22.1 Å². The number of allylic oxidation sites excluding steroid dienone is 2. The molecule has 108 valence electrons. The Morgan fingerprint density at radius 1 is 1.38 bits per heavy atom. The van der Waals surface area contributed by atoms with Crippen molar-refractivity contribution in [1.29, 1.82) is 0 Å². The zero-order valence-electron chi connectivity index (χ0n) is 12.2. The Balaban J connectivity index is 2.36. The summed E-state index contributed by atoms with van der Waals surface area (Å²) in [6, 6.07) is 1.53. The monoisotopic (exact) mass is 284 g/mol. The summed E-state index contributed by atoms with van der Waals surface area (Å²) in [6.07, 6.45) is 3.31. The number of ketones is 1. The molecule has 3 rings (SSSR count). The van der Waals surface area contributed by atoms with Crippen LogP contribution >= 0.6 is 0 Å². The van der Waals surface area contributed by atoms with Gasteiger partial charge in [-0.25, -0.2) is 4.79 Å². The van der Waals surface area contributed by atoms with Gasteiger partial charge in [0, 0.05) is 22.9 Å². The molecule has 0 aliphatic heterocycles. The molecule has 1 aliphatic carbocycles. The third kappa shape index (κ3) is 1.82. The minimum absolute atomic E-state index is 0.0624. The zero-order chi connectivity index (χ0) is 15.3. The van der Waals surface area contributed by atoms with E-state index in [-0.39, 0.29) is 11.5 Å². The molecule has 1 N–H and O–H groups in total. The van der Waals surface area contributed by atoms with Gasteiger partial charge in [0.1, 0.15) is 5.58 Å². The van der Waals surface area contributed by atoms with E-state index < -0.39 is 5.97 Å². The molecule has 4 nitrogen and oxygen atoms in total. The van der Waals surface area contributed by atoms with Crippen LogP contribution in [-0.2, 0) is 6.42 Å². The maximum absolute atomic E-state index is 12.5. The smallest absolute Gasteiger partial charge is 0.371 e. The highest BCUT2D eigenvalue weighted by molar-refractivity contribution is 6.17. The number of aromatic carboxylic acids is 1. The van der Waals surface area contributed by atoms with E-state index >= 15 is 0 Å². The van der Waals surface area contributed by atoms with Gasteiger partial charge < -0.3 is 9.52 Å². The summed E-state index contributed by atoms with van der Waals surface area (Å²) < 4.78 is 5.47. The van der Waals surface area contributed by atoms with E-state index in [1.54, 1.807) is 0 Å². The molecule has 2 aromatic rings. The lowest BCUT2D eigenvalue weighted by atomic mass is 9.95. The van der Waals surface area contributed by atoms with Crippen LogP contribution in [0.3, 0.4) is 0 Å². The van der Waals surface area contributed by atoms with Crippen molar-refractivity contribution in [3.63, 3.8) is 0 Å². The molecule has 0 saturated carbocycles. The van der Waals surface area contributed by atoms with Crippen LogP contribution in [0.25, 0.3) is 11.0 Å². The Morgan fingerprint density at radius 3 is 2.71 bits per heavy atom. The molecule has 1 aliphatic rings. The molecule has 0 spiro atoms. The molecule has 21 heavy (non-hydrogen) atoms. The van der Waals surface area contributed by atoms with Crippen LogP contribution in [0.2, 0.25) is 0 Å². The van der Waals surface area contributed by atoms with Crippen molar-refractivity contribution in [2.75, 3.05) is 0 Å². The van der Waals surface area contributed by atoms with Crippen molar-refractivity contribution in [3.8, 4) is 0 Å². The van der Waals surface area contributed by atoms with E-state index in [0.717, 1.165) is 39.6 Å². The molecule has 0 bridgehead atoms. The minimum Gasteiger partial charge on any atom is -0.475 e. The topological polar surface area (TPSA) is 67.5 Å². The number of carbonyl (C=O) groups excluding carboxylic acids is 1. The summed E-state index contributed by atoms with van der Waals surface area (Å²) >= 11 is 0. The summed E-state index contributed by atoms with van der Waals surface area (Å²) in [5, 5.41) is 9.86. The van der Waals surface area contributed by atoms with Crippen molar-refractivity contribution < 1.29 is 19.1 Å². The number of aryl methyl sites for hydroxylation is 1. The van der Waals surface area contributed by atoms with Gasteiger partial charge in [-0.15, -0.1) is 0 Å². The summed E-state index contributed by atoms with van der Waals surface area (Å²) in [5.41, 5.74) is 4.71. The van der Waals surface area contributed by atoms with Gasteiger partial charge >= 0.3 is 5.97 Å². The SMILES string of the molecule is CCC=C1Cc2c(c(C)c(C)c3oc(C(=O)O)cc23)C1=O. The van der Waals surface area contributed by atoms with E-state index in [9.17, 15) is 9.59 Å². The van der Waals surface area contributed by atoms with Crippen LogP contribution in [0.4, 0.5) is 0 Å². The van der Waals surface area contributed by atoms with Crippen molar-refractivity contribution in [2.45, 2.75) is 33.6 Å². The third-order valence-electron chi connectivity index (χ3n) is 4.18. The normalized spacial score (nSPS) is 16.0. The summed E-state index contributed by atoms with van der Waals surface area (Å²) in [6.45, 7) is 5.75. The second-order valence-corrected chi connectivity index (χ2v) is 5.41. The molecule has 1 aromatic heterocycles. The fourth-order valence-electron chi connectivity index (χ4n) is 3.05. The lowest BCUT2D eigenvalue weighted by molar-refractivity contribution is 0.0664. The quantitative estimate of drug-likeness (QED) is 0.851. The fourth-order valence-corrected chi connectivity index (χ4v) is 3.05. The predicted octanol–water partition coefficient (Wildman–Crippen LogP) is 3.82. The van der Waals surface area contributed by atoms with Crippen LogP contribution in [0, 0.1) is 13.8 Å². The van der Waals surface area contributed by atoms with Crippen molar-refractivity contribution in [1.82, 2.24) is 0 Å². The highest BCUT2D eigenvalue weighted by Gasteiger charge is 2.31.